The van der Waals surface area contributed by atoms with Crippen LogP contribution in [0.4, 0.5) is 16.2 Å². The van der Waals surface area contributed by atoms with Gasteiger partial charge in [-0.05, 0) is 35.4 Å². The molecule has 3 rings (SSSR count). The van der Waals surface area contributed by atoms with Gasteiger partial charge in [0.25, 0.3) is 0 Å². The molecule has 0 atom stereocenters. The van der Waals surface area contributed by atoms with Crippen LogP contribution >= 0.6 is 0 Å². The molecule has 0 heterocycles. The third-order valence-electron chi connectivity index (χ3n) is 4.73. The highest BCUT2D eigenvalue weighted by atomic mass is 16.5. The summed E-state index contributed by atoms with van der Waals surface area (Å²) in [7, 11) is 5.19. The van der Waals surface area contributed by atoms with Gasteiger partial charge < -0.3 is 25.0 Å². The summed E-state index contributed by atoms with van der Waals surface area (Å²) >= 11 is 0. The number of amides is 2. The van der Waals surface area contributed by atoms with E-state index in [4.69, 9.17) is 9.47 Å². The van der Waals surface area contributed by atoms with Gasteiger partial charge in [0.05, 0.1) is 25.6 Å². The molecule has 156 valence electrons. The van der Waals surface area contributed by atoms with E-state index in [2.05, 4.69) is 27.7 Å². The molecule has 0 saturated heterocycles. The molecular weight excluding hydrogens is 378 g/mol. The predicted molar refractivity (Wildman–Crippen MR) is 120 cm³/mol. The molecule has 3 aromatic carbocycles. The number of hydrogen-bond donors (Lipinski definition) is 2. The predicted octanol–water partition coefficient (Wildman–Crippen LogP) is 4.66. The summed E-state index contributed by atoms with van der Waals surface area (Å²) in [6.07, 6.45) is 0. The van der Waals surface area contributed by atoms with Gasteiger partial charge in [-0.15, -0.1) is 0 Å². The van der Waals surface area contributed by atoms with E-state index in [-0.39, 0.29) is 6.03 Å². The van der Waals surface area contributed by atoms with Crippen molar-refractivity contribution in [2.45, 2.75) is 13.1 Å². The Labute approximate surface area is 177 Å². The molecule has 0 aliphatic carbocycles. The second-order valence-electron chi connectivity index (χ2n) is 6.86. The van der Waals surface area contributed by atoms with Gasteiger partial charge in [-0.1, -0.05) is 48.5 Å². The number of carbonyl (C=O) groups is 1. The number of benzene rings is 3. The lowest BCUT2D eigenvalue weighted by atomic mass is 10.2. The lowest BCUT2D eigenvalue weighted by molar-refractivity contribution is 0.251. The van der Waals surface area contributed by atoms with Crippen molar-refractivity contribution in [1.29, 1.82) is 0 Å². The summed E-state index contributed by atoms with van der Waals surface area (Å²) in [5, 5.41) is 5.84. The quantitative estimate of drug-likeness (QED) is 0.572. The number of hydrogen-bond acceptors (Lipinski definition) is 4. The number of urea groups is 1. The van der Waals surface area contributed by atoms with Crippen molar-refractivity contribution in [3.05, 3.63) is 83.9 Å². The van der Waals surface area contributed by atoms with Crippen LogP contribution in [0.15, 0.2) is 72.8 Å². The van der Waals surface area contributed by atoms with E-state index < -0.39 is 0 Å². The largest absolute Gasteiger partial charge is 0.493 e. The normalized spacial score (nSPS) is 10.2. The number of carbonyl (C=O) groups excluding carboxylic acids is 1. The number of rotatable bonds is 8. The maximum absolute atomic E-state index is 12.5. The average Bonchev–Trinajstić information content (AvgIpc) is 2.78. The number of nitrogens with one attached hydrogen (secondary N) is 2. The monoisotopic (exact) mass is 405 g/mol. The first-order valence-corrected chi connectivity index (χ1v) is 9.70. The van der Waals surface area contributed by atoms with Gasteiger partial charge in [-0.25, -0.2) is 4.79 Å². The van der Waals surface area contributed by atoms with Crippen LogP contribution in [0.2, 0.25) is 0 Å². The van der Waals surface area contributed by atoms with E-state index in [1.54, 1.807) is 14.2 Å². The van der Waals surface area contributed by atoms with Gasteiger partial charge in [-0.2, -0.15) is 0 Å². The summed E-state index contributed by atoms with van der Waals surface area (Å²) in [5.74, 6) is 1.28. The Kier molecular flexibility index (Phi) is 7.16. The maximum atomic E-state index is 12.5. The minimum Gasteiger partial charge on any atom is -0.493 e. The number of nitrogens with zero attached hydrogens (tertiary/aromatic N) is 1. The number of anilines is 2. The minimum atomic E-state index is -0.273. The van der Waals surface area contributed by atoms with E-state index in [0.717, 1.165) is 23.5 Å². The highest BCUT2D eigenvalue weighted by Gasteiger charge is 2.11. The van der Waals surface area contributed by atoms with Crippen molar-refractivity contribution in [1.82, 2.24) is 5.32 Å². The first-order valence-electron chi connectivity index (χ1n) is 9.70. The molecule has 0 aliphatic heterocycles. The molecule has 0 spiro atoms. The molecule has 0 aromatic heterocycles. The van der Waals surface area contributed by atoms with E-state index in [0.29, 0.717) is 18.0 Å². The smallest absolute Gasteiger partial charge is 0.319 e. The summed E-state index contributed by atoms with van der Waals surface area (Å²) in [5.41, 5.74) is 3.81. The van der Waals surface area contributed by atoms with Gasteiger partial charge >= 0.3 is 6.03 Å². The van der Waals surface area contributed by atoms with Gasteiger partial charge in [-0.3, -0.25) is 0 Å². The minimum absolute atomic E-state index is 0.273. The first-order chi connectivity index (χ1) is 14.6. The molecule has 0 unspecified atom stereocenters. The third kappa shape index (κ3) is 5.44. The second kappa shape index (κ2) is 10.2. The zero-order valence-corrected chi connectivity index (χ0v) is 17.5. The Morgan fingerprint density at radius 1 is 0.867 bits per heavy atom. The van der Waals surface area contributed by atoms with Crippen LogP contribution in [0.5, 0.6) is 11.5 Å². The third-order valence-corrected chi connectivity index (χ3v) is 4.73. The summed E-state index contributed by atoms with van der Waals surface area (Å²) in [6.45, 7) is 1.11. The molecule has 6 nitrogen and oxygen atoms in total. The zero-order chi connectivity index (χ0) is 21.3. The van der Waals surface area contributed by atoms with Gasteiger partial charge in [0.1, 0.15) is 0 Å². The molecule has 0 fully saturated rings. The molecule has 2 N–H and O–H groups in total. The SMILES string of the molecule is COc1ccc(CNC(=O)Nc2ccccc2N(C)Cc2ccccc2)cc1OC. The van der Waals surface area contributed by atoms with Crippen molar-refractivity contribution in [2.24, 2.45) is 0 Å². The van der Waals surface area contributed by atoms with Crippen LogP contribution < -0.4 is 25.0 Å². The van der Waals surface area contributed by atoms with E-state index in [9.17, 15) is 4.79 Å². The number of methoxy groups -OCH3 is 2. The van der Waals surface area contributed by atoms with Crippen LogP contribution in [0, 0.1) is 0 Å². The van der Waals surface area contributed by atoms with Crippen LogP contribution in [0.25, 0.3) is 0 Å². The zero-order valence-electron chi connectivity index (χ0n) is 17.5. The van der Waals surface area contributed by atoms with Crippen LogP contribution in [0.3, 0.4) is 0 Å². The summed E-state index contributed by atoms with van der Waals surface area (Å²) in [6, 6.07) is 23.3. The highest BCUT2D eigenvalue weighted by molar-refractivity contribution is 5.93. The van der Waals surface area contributed by atoms with E-state index >= 15 is 0 Å². The molecule has 2 amide bonds. The Morgan fingerprint density at radius 2 is 1.57 bits per heavy atom. The number of ether oxygens (including phenoxy) is 2. The molecule has 0 saturated carbocycles. The molecule has 0 aliphatic rings. The Morgan fingerprint density at radius 3 is 2.30 bits per heavy atom. The summed E-state index contributed by atoms with van der Waals surface area (Å²) in [4.78, 5) is 14.6. The fourth-order valence-corrected chi connectivity index (χ4v) is 3.19. The second-order valence-corrected chi connectivity index (χ2v) is 6.86. The maximum Gasteiger partial charge on any atom is 0.319 e. The molecule has 6 heteroatoms. The van der Waals surface area contributed by atoms with Gasteiger partial charge in [0, 0.05) is 20.1 Å². The summed E-state index contributed by atoms with van der Waals surface area (Å²) < 4.78 is 10.6. The fourth-order valence-electron chi connectivity index (χ4n) is 3.19. The van der Waals surface area contributed by atoms with Crippen LogP contribution in [-0.4, -0.2) is 27.3 Å². The van der Waals surface area contributed by atoms with Crippen LogP contribution in [-0.2, 0) is 13.1 Å². The highest BCUT2D eigenvalue weighted by Crippen LogP contribution is 2.28. The Hall–Kier alpha value is -3.67. The van der Waals surface area contributed by atoms with E-state index in [1.165, 1.54) is 5.56 Å². The number of para-hydroxylation sites is 2. The fraction of sp³-hybridized carbons (Fsp3) is 0.208. The van der Waals surface area contributed by atoms with Crippen molar-refractivity contribution < 1.29 is 14.3 Å². The van der Waals surface area contributed by atoms with Crippen molar-refractivity contribution in [3.63, 3.8) is 0 Å². The molecule has 0 radical (unpaired) electrons. The van der Waals surface area contributed by atoms with Gasteiger partial charge in [0.15, 0.2) is 11.5 Å². The van der Waals surface area contributed by atoms with Crippen molar-refractivity contribution >= 4 is 17.4 Å². The van der Waals surface area contributed by atoms with E-state index in [1.807, 2.05) is 67.7 Å². The topological polar surface area (TPSA) is 62.8 Å². The lowest BCUT2D eigenvalue weighted by Crippen LogP contribution is -2.29. The van der Waals surface area contributed by atoms with Crippen molar-refractivity contribution in [3.8, 4) is 11.5 Å². The Bertz CT molecular complexity index is 976. The van der Waals surface area contributed by atoms with Gasteiger partial charge in [0.2, 0.25) is 0 Å². The molecular formula is C24H27N3O3. The molecule has 30 heavy (non-hydrogen) atoms. The molecule has 0 bridgehead atoms. The average molecular weight is 405 g/mol. The lowest BCUT2D eigenvalue weighted by Gasteiger charge is -2.23. The standard InChI is InChI=1S/C24H27N3O3/c1-27(17-18-9-5-4-6-10-18)21-12-8-7-11-20(21)26-24(28)25-16-19-13-14-22(29-2)23(15-19)30-3/h4-15H,16-17H2,1-3H3,(H2,25,26,28). The first kappa shape index (κ1) is 21.0. The Balaban J connectivity index is 1.63. The molecule has 3 aromatic rings. The van der Waals surface area contributed by atoms with Crippen molar-refractivity contribution in [2.75, 3.05) is 31.5 Å². The van der Waals surface area contributed by atoms with Crippen LogP contribution in [0.1, 0.15) is 11.1 Å².